The van der Waals surface area contributed by atoms with Gasteiger partial charge >= 0.3 is 0 Å². The number of amides is 1. The fraction of sp³-hybridized carbons (Fsp3) is 0.462. The fourth-order valence-corrected chi connectivity index (χ4v) is 2.02. The van der Waals surface area contributed by atoms with Crippen molar-refractivity contribution in [3.8, 4) is 0 Å². The number of methoxy groups -OCH3 is 1. The molecule has 0 aromatic heterocycles. The SMILES string of the molecule is COCCN(C(=O)c1cc(N)c(Cl)c(Cl)c1)C(C)C. The van der Waals surface area contributed by atoms with E-state index in [0.717, 1.165) is 0 Å². The molecule has 106 valence electrons. The molecular formula is C13H18Cl2N2O2. The maximum atomic E-state index is 12.4. The lowest BCUT2D eigenvalue weighted by Crippen LogP contribution is -2.39. The Morgan fingerprint density at radius 1 is 1.42 bits per heavy atom. The molecule has 4 nitrogen and oxygen atoms in total. The zero-order valence-corrected chi connectivity index (χ0v) is 12.8. The van der Waals surface area contributed by atoms with E-state index in [-0.39, 0.29) is 22.0 Å². The number of nitrogen functional groups attached to an aromatic ring is 1. The fourth-order valence-electron chi connectivity index (χ4n) is 1.68. The van der Waals surface area contributed by atoms with E-state index in [1.54, 1.807) is 18.1 Å². The van der Waals surface area contributed by atoms with Crippen molar-refractivity contribution in [1.29, 1.82) is 0 Å². The van der Waals surface area contributed by atoms with E-state index >= 15 is 0 Å². The molecular weight excluding hydrogens is 287 g/mol. The standard InChI is InChI=1S/C13H18Cl2N2O2/c1-8(2)17(4-5-19-3)13(18)9-6-10(14)12(15)11(16)7-9/h6-8H,4-5,16H2,1-3H3. The Labute approximate surface area is 123 Å². The van der Waals surface area contributed by atoms with Gasteiger partial charge in [0.2, 0.25) is 0 Å². The second-order valence-electron chi connectivity index (χ2n) is 4.45. The van der Waals surface area contributed by atoms with Gasteiger partial charge in [0, 0.05) is 25.3 Å². The maximum absolute atomic E-state index is 12.4. The van der Waals surface area contributed by atoms with Crippen molar-refractivity contribution in [3.63, 3.8) is 0 Å². The first-order valence-corrected chi connectivity index (χ1v) is 6.68. The van der Waals surface area contributed by atoms with Crippen molar-refractivity contribution in [2.75, 3.05) is 26.0 Å². The first kappa shape index (κ1) is 16.1. The lowest BCUT2D eigenvalue weighted by atomic mass is 10.1. The van der Waals surface area contributed by atoms with Crippen molar-refractivity contribution >= 4 is 34.8 Å². The number of anilines is 1. The van der Waals surface area contributed by atoms with Crippen LogP contribution in [0.3, 0.4) is 0 Å². The first-order chi connectivity index (χ1) is 8.88. The number of carbonyl (C=O) groups is 1. The smallest absolute Gasteiger partial charge is 0.254 e. The van der Waals surface area contributed by atoms with E-state index in [1.807, 2.05) is 13.8 Å². The number of benzene rings is 1. The number of hydrogen-bond acceptors (Lipinski definition) is 3. The molecule has 0 spiro atoms. The highest BCUT2D eigenvalue weighted by Gasteiger charge is 2.20. The number of ether oxygens (including phenoxy) is 1. The van der Waals surface area contributed by atoms with Crippen LogP contribution in [0.5, 0.6) is 0 Å². The van der Waals surface area contributed by atoms with Gasteiger partial charge in [0.25, 0.3) is 5.91 Å². The normalized spacial score (nSPS) is 10.8. The summed E-state index contributed by atoms with van der Waals surface area (Å²) in [7, 11) is 1.60. The van der Waals surface area contributed by atoms with Gasteiger partial charge in [0.15, 0.2) is 0 Å². The minimum absolute atomic E-state index is 0.0540. The van der Waals surface area contributed by atoms with E-state index in [4.69, 9.17) is 33.7 Å². The molecule has 1 amide bonds. The molecule has 0 aliphatic heterocycles. The maximum Gasteiger partial charge on any atom is 0.254 e. The average Bonchev–Trinajstić information content (AvgIpc) is 2.35. The minimum atomic E-state index is -0.141. The summed E-state index contributed by atoms with van der Waals surface area (Å²) in [6.07, 6.45) is 0. The molecule has 1 aromatic rings. The number of nitrogens with zero attached hydrogens (tertiary/aromatic N) is 1. The summed E-state index contributed by atoms with van der Waals surface area (Å²) in [5.74, 6) is -0.141. The third kappa shape index (κ3) is 4.00. The Kier molecular flexibility index (Phi) is 5.91. The molecule has 0 atom stereocenters. The molecule has 1 rings (SSSR count). The first-order valence-electron chi connectivity index (χ1n) is 5.93. The topological polar surface area (TPSA) is 55.6 Å². The number of hydrogen-bond donors (Lipinski definition) is 1. The highest BCUT2D eigenvalue weighted by molar-refractivity contribution is 6.43. The van der Waals surface area contributed by atoms with Crippen LogP contribution >= 0.6 is 23.2 Å². The van der Waals surface area contributed by atoms with E-state index < -0.39 is 0 Å². The Hall–Kier alpha value is -0.970. The van der Waals surface area contributed by atoms with Crippen LogP contribution in [0.4, 0.5) is 5.69 Å². The molecule has 0 aliphatic rings. The lowest BCUT2D eigenvalue weighted by molar-refractivity contribution is 0.0635. The van der Waals surface area contributed by atoms with E-state index in [2.05, 4.69) is 0 Å². The van der Waals surface area contributed by atoms with E-state index in [0.29, 0.717) is 24.4 Å². The van der Waals surface area contributed by atoms with Crippen LogP contribution in [0.1, 0.15) is 24.2 Å². The van der Waals surface area contributed by atoms with Crippen LogP contribution in [0.15, 0.2) is 12.1 Å². The monoisotopic (exact) mass is 304 g/mol. The summed E-state index contributed by atoms with van der Waals surface area (Å²) in [5.41, 5.74) is 6.45. The van der Waals surface area contributed by atoms with Gasteiger partial charge in [0.05, 0.1) is 22.3 Å². The summed E-state index contributed by atoms with van der Waals surface area (Å²) < 4.78 is 5.01. The molecule has 0 saturated heterocycles. The van der Waals surface area contributed by atoms with Crippen LogP contribution in [-0.4, -0.2) is 37.1 Å². The van der Waals surface area contributed by atoms with Crippen molar-refractivity contribution in [2.24, 2.45) is 0 Å². The second-order valence-corrected chi connectivity index (χ2v) is 5.23. The second kappa shape index (κ2) is 6.98. The van der Waals surface area contributed by atoms with Gasteiger partial charge in [-0.1, -0.05) is 23.2 Å². The van der Waals surface area contributed by atoms with Gasteiger partial charge in [-0.3, -0.25) is 4.79 Å². The minimum Gasteiger partial charge on any atom is -0.397 e. The average molecular weight is 305 g/mol. The molecule has 0 radical (unpaired) electrons. The molecule has 0 saturated carbocycles. The van der Waals surface area contributed by atoms with Gasteiger partial charge < -0.3 is 15.4 Å². The lowest BCUT2D eigenvalue weighted by Gasteiger charge is -2.26. The molecule has 0 aliphatic carbocycles. The van der Waals surface area contributed by atoms with Crippen LogP contribution < -0.4 is 5.73 Å². The number of carbonyl (C=O) groups excluding carboxylic acids is 1. The summed E-state index contributed by atoms with van der Waals surface area (Å²) >= 11 is 11.8. The van der Waals surface area contributed by atoms with Gasteiger partial charge in [0.1, 0.15) is 0 Å². The summed E-state index contributed by atoms with van der Waals surface area (Å²) in [4.78, 5) is 14.1. The Morgan fingerprint density at radius 3 is 2.53 bits per heavy atom. The summed E-state index contributed by atoms with van der Waals surface area (Å²) in [5, 5.41) is 0.548. The third-order valence-electron chi connectivity index (χ3n) is 2.72. The molecule has 0 heterocycles. The highest BCUT2D eigenvalue weighted by atomic mass is 35.5. The van der Waals surface area contributed by atoms with Crippen molar-refractivity contribution in [3.05, 3.63) is 27.7 Å². The zero-order valence-electron chi connectivity index (χ0n) is 11.2. The highest BCUT2D eigenvalue weighted by Crippen LogP contribution is 2.30. The predicted molar refractivity (Wildman–Crippen MR) is 78.9 cm³/mol. The van der Waals surface area contributed by atoms with Gasteiger partial charge in [-0.2, -0.15) is 0 Å². The molecule has 0 fully saturated rings. The van der Waals surface area contributed by atoms with Crippen molar-refractivity contribution in [1.82, 2.24) is 4.90 Å². The largest absolute Gasteiger partial charge is 0.397 e. The summed E-state index contributed by atoms with van der Waals surface area (Å²) in [6, 6.07) is 3.13. The zero-order chi connectivity index (χ0) is 14.6. The molecule has 0 bridgehead atoms. The van der Waals surface area contributed by atoms with Crippen molar-refractivity contribution in [2.45, 2.75) is 19.9 Å². The summed E-state index contributed by atoms with van der Waals surface area (Å²) in [6.45, 7) is 4.86. The number of halogens is 2. The molecule has 2 N–H and O–H groups in total. The quantitative estimate of drug-likeness (QED) is 0.851. The third-order valence-corrected chi connectivity index (χ3v) is 3.54. The van der Waals surface area contributed by atoms with Gasteiger partial charge in [-0.05, 0) is 26.0 Å². The van der Waals surface area contributed by atoms with Crippen LogP contribution in [0, 0.1) is 0 Å². The molecule has 6 heteroatoms. The van der Waals surface area contributed by atoms with Crippen LogP contribution in [-0.2, 0) is 4.74 Å². The van der Waals surface area contributed by atoms with Gasteiger partial charge in [-0.25, -0.2) is 0 Å². The Balaban J connectivity index is 3.03. The Bertz CT molecular complexity index is 441. The van der Waals surface area contributed by atoms with E-state index in [1.165, 1.54) is 6.07 Å². The van der Waals surface area contributed by atoms with Crippen molar-refractivity contribution < 1.29 is 9.53 Å². The molecule has 0 unspecified atom stereocenters. The predicted octanol–water partition coefficient (Wildman–Crippen LogP) is 3.07. The number of rotatable bonds is 5. The van der Waals surface area contributed by atoms with E-state index in [9.17, 15) is 4.79 Å². The van der Waals surface area contributed by atoms with Crippen LogP contribution in [0.2, 0.25) is 10.0 Å². The number of nitrogens with two attached hydrogens (primary N) is 1. The Morgan fingerprint density at radius 2 is 2.05 bits per heavy atom. The molecule has 1 aromatic carbocycles. The van der Waals surface area contributed by atoms with Gasteiger partial charge in [-0.15, -0.1) is 0 Å². The molecule has 19 heavy (non-hydrogen) atoms. The van der Waals surface area contributed by atoms with Crippen LogP contribution in [0.25, 0.3) is 0 Å².